The Labute approximate surface area is 268 Å². The molecule has 44 heavy (non-hydrogen) atoms. The van der Waals surface area contributed by atoms with Gasteiger partial charge in [0.25, 0.3) is 0 Å². The van der Waals surface area contributed by atoms with Gasteiger partial charge in [0.2, 0.25) is 15.9 Å². The molecule has 0 radical (unpaired) electrons. The minimum absolute atomic E-state index is 0.0111. The molecule has 2 heterocycles. The van der Waals surface area contributed by atoms with Crippen LogP contribution in [0.15, 0.2) is 95.9 Å². The van der Waals surface area contributed by atoms with E-state index in [4.69, 9.17) is 28.9 Å². The highest BCUT2D eigenvalue weighted by Crippen LogP contribution is 2.36. The van der Waals surface area contributed by atoms with Crippen LogP contribution in [-0.2, 0) is 40.6 Å². The summed E-state index contributed by atoms with van der Waals surface area (Å²) in [5.41, 5.74) is 11.4. The van der Waals surface area contributed by atoms with Crippen LogP contribution in [0.5, 0.6) is 0 Å². The van der Waals surface area contributed by atoms with Gasteiger partial charge >= 0.3 is 0 Å². The number of halogens is 2. The van der Waals surface area contributed by atoms with E-state index in [1.807, 2.05) is 64.4 Å². The van der Waals surface area contributed by atoms with Crippen LogP contribution in [0.4, 0.5) is 5.69 Å². The van der Waals surface area contributed by atoms with Gasteiger partial charge in [-0.3, -0.25) is 9.69 Å². The van der Waals surface area contributed by atoms with Crippen molar-refractivity contribution in [3.05, 3.63) is 129 Å². The van der Waals surface area contributed by atoms with E-state index in [1.54, 1.807) is 0 Å². The quantitative estimate of drug-likeness (QED) is 0.229. The first kappa shape index (κ1) is 30.6. The Balaban J connectivity index is 1.38. The maximum atomic E-state index is 14.5. The van der Waals surface area contributed by atoms with Crippen LogP contribution in [0.25, 0.3) is 0 Å². The number of nitrogens with one attached hydrogen (secondary N) is 1. The largest absolute Gasteiger partial charge is 0.398 e. The Morgan fingerprint density at radius 1 is 0.886 bits per heavy atom. The standard InChI is InChI=1S/C34H34Cl2N4O3S/c35-27-20-29(36)32(30(37)21-27)44(42,43)38-33-28-13-7-6-11-25(28)17-19-40(33)31(15-14-23-8-2-1-3-9-23)34(41)39-18-16-24-10-4-5-12-26(24)22-39/h1-13,20-21,31,33,38H,14-19,22,37H2/t31-,33?/m1/s1. The smallest absolute Gasteiger partial charge is 0.245 e. The van der Waals surface area contributed by atoms with E-state index in [2.05, 4.69) is 29.0 Å². The van der Waals surface area contributed by atoms with Crippen molar-refractivity contribution in [2.45, 2.75) is 49.3 Å². The summed E-state index contributed by atoms with van der Waals surface area (Å²) in [5, 5.41) is 0.174. The van der Waals surface area contributed by atoms with Crippen LogP contribution in [0.2, 0.25) is 10.0 Å². The number of carbonyl (C=O) groups excluding carboxylic acids is 1. The number of fused-ring (bicyclic) bond motifs is 2. The molecule has 2 atom stereocenters. The summed E-state index contributed by atoms with van der Waals surface area (Å²) in [6, 6.07) is 28.2. The van der Waals surface area contributed by atoms with Crippen LogP contribution >= 0.6 is 23.2 Å². The fourth-order valence-electron chi connectivity index (χ4n) is 6.40. The number of sulfonamides is 1. The number of rotatable bonds is 8. The molecule has 0 saturated heterocycles. The number of amides is 1. The topological polar surface area (TPSA) is 95.7 Å². The average Bonchev–Trinajstić information content (AvgIpc) is 3.01. The van der Waals surface area contributed by atoms with Crippen LogP contribution in [0, 0.1) is 0 Å². The van der Waals surface area contributed by atoms with E-state index in [0.29, 0.717) is 38.9 Å². The second-order valence-corrected chi connectivity index (χ2v) is 13.8. The van der Waals surface area contributed by atoms with Gasteiger partial charge in [-0.05, 0) is 65.6 Å². The van der Waals surface area contributed by atoms with Crippen LogP contribution in [-0.4, -0.2) is 43.3 Å². The zero-order valence-corrected chi connectivity index (χ0v) is 26.5. The molecule has 4 aromatic carbocycles. The van der Waals surface area contributed by atoms with E-state index in [1.165, 1.54) is 17.7 Å². The van der Waals surface area contributed by atoms with E-state index in [0.717, 1.165) is 28.7 Å². The molecule has 2 aliphatic rings. The van der Waals surface area contributed by atoms with Gasteiger partial charge in [-0.25, -0.2) is 8.42 Å². The van der Waals surface area contributed by atoms with E-state index >= 15 is 0 Å². The van der Waals surface area contributed by atoms with E-state index in [-0.39, 0.29) is 26.5 Å². The molecule has 0 aromatic heterocycles. The third kappa shape index (κ3) is 6.36. The number of carbonyl (C=O) groups is 1. The Hall–Kier alpha value is -3.40. The molecule has 0 spiro atoms. The van der Waals surface area contributed by atoms with Crippen molar-refractivity contribution in [1.82, 2.24) is 14.5 Å². The Kier molecular flexibility index (Phi) is 8.98. The van der Waals surface area contributed by atoms with Crippen molar-refractivity contribution in [3.8, 4) is 0 Å². The second kappa shape index (κ2) is 12.9. The van der Waals surface area contributed by atoms with Gasteiger partial charge in [0.15, 0.2) is 0 Å². The van der Waals surface area contributed by atoms with Crippen molar-refractivity contribution in [2.75, 3.05) is 18.8 Å². The number of benzene rings is 4. The number of nitrogens with zero attached hydrogens (tertiary/aromatic N) is 2. The van der Waals surface area contributed by atoms with E-state index < -0.39 is 22.2 Å². The van der Waals surface area contributed by atoms with Gasteiger partial charge in [0, 0.05) is 24.7 Å². The fourth-order valence-corrected chi connectivity index (χ4v) is 8.57. The lowest BCUT2D eigenvalue weighted by Gasteiger charge is -2.43. The van der Waals surface area contributed by atoms with Crippen LogP contribution < -0.4 is 10.5 Å². The second-order valence-electron chi connectivity index (χ2n) is 11.3. The monoisotopic (exact) mass is 648 g/mol. The number of hydrogen-bond donors (Lipinski definition) is 2. The van der Waals surface area contributed by atoms with Crippen molar-refractivity contribution in [2.24, 2.45) is 0 Å². The first-order valence-corrected chi connectivity index (χ1v) is 16.9. The number of nitrogens with two attached hydrogens (primary N) is 1. The van der Waals surface area contributed by atoms with Crippen molar-refractivity contribution in [3.63, 3.8) is 0 Å². The van der Waals surface area contributed by atoms with Crippen molar-refractivity contribution >= 4 is 44.8 Å². The number of nitrogen functional groups attached to an aromatic ring is 1. The van der Waals surface area contributed by atoms with Crippen molar-refractivity contribution < 1.29 is 13.2 Å². The predicted octanol–water partition coefficient (Wildman–Crippen LogP) is 6.00. The fraction of sp³-hybridized carbons (Fsp3) is 0.265. The maximum absolute atomic E-state index is 14.5. The highest BCUT2D eigenvalue weighted by molar-refractivity contribution is 7.89. The third-order valence-electron chi connectivity index (χ3n) is 8.57. The Bertz CT molecular complexity index is 1760. The molecule has 1 unspecified atom stereocenters. The Morgan fingerprint density at radius 3 is 2.30 bits per heavy atom. The molecule has 1 amide bonds. The summed E-state index contributed by atoms with van der Waals surface area (Å²) in [7, 11) is -4.24. The first-order valence-electron chi connectivity index (χ1n) is 14.7. The first-order chi connectivity index (χ1) is 21.2. The van der Waals surface area contributed by atoms with Gasteiger partial charge in [-0.2, -0.15) is 4.72 Å². The molecule has 7 nitrogen and oxygen atoms in total. The molecule has 0 fully saturated rings. The summed E-state index contributed by atoms with van der Waals surface area (Å²) in [5.74, 6) is -0.0111. The minimum Gasteiger partial charge on any atom is -0.398 e. The number of hydrogen-bond acceptors (Lipinski definition) is 5. The van der Waals surface area contributed by atoms with E-state index in [9.17, 15) is 13.2 Å². The summed E-state index contributed by atoms with van der Waals surface area (Å²) < 4.78 is 30.8. The third-order valence-corrected chi connectivity index (χ3v) is 10.7. The molecule has 228 valence electrons. The predicted molar refractivity (Wildman–Crippen MR) is 175 cm³/mol. The zero-order valence-electron chi connectivity index (χ0n) is 24.1. The summed E-state index contributed by atoms with van der Waals surface area (Å²) in [4.78, 5) is 18.2. The highest BCUT2D eigenvalue weighted by Gasteiger charge is 2.40. The lowest BCUT2D eigenvalue weighted by Crippen LogP contribution is -2.56. The summed E-state index contributed by atoms with van der Waals surface area (Å²) >= 11 is 12.5. The zero-order chi connectivity index (χ0) is 30.8. The number of aryl methyl sites for hydroxylation is 1. The molecule has 2 aliphatic heterocycles. The van der Waals surface area contributed by atoms with Gasteiger partial charge < -0.3 is 10.6 Å². The SMILES string of the molecule is Nc1cc(Cl)cc(Cl)c1S(=O)(=O)NC1c2ccccc2CCN1[C@H](CCc1ccccc1)C(=O)N1CCc2ccccc2C1. The Morgan fingerprint density at radius 2 is 1.55 bits per heavy atom. The van der Waals surface area contributed by atoms with Gasteiger partial charge in [0.05, 0.1) is 16.8 Å². The van der Waals surface area contributed by atoms with Crippen LogP contribution in [0.1, 0.15) is 40.4 Å². The normalized spacial score (nSPS) is 17.5. The lowest BCUT2D eigenvalue weighted by atomic mass is 9.93. The molecule has 4 aromatic rings. The minimum atomic E-state index is -4.24. The lowest BCUT2D eigenvalue weighted by molar-refractivity contribution is -0.139. The summed E-state index contributed by atoms with van der Waals surface area (Å²) in [6.07, 6.45) is 1.81. The molecule has 0 aliphatic carbocycles. The molecular formula is C34H34Cl2N4O3S. The molecule has 6 rings (SSSR count). The molecule has 0 saturated carbocycles. The molecule has 3 N–H and O–H groups in total. The molecular weight excluding hydrogens is 615 g/mol. The van der Waals surface area contributed by atoms with Crippen molar-refractivity contribution in [1.29, 1.82) is 0 Å². The van der Waals surface area contributed by atoms with Gasteiger partial charge in [-0.1, -0.05) is 102 Å². The maximum Gasteiger partial charge on any atom is 0.245 e. The molecule has 0 bridgehead atoms. The molecule has 10 heteroatoms. The van der Waals surface area contributed by atoms with Crippen LogP contribution in [0.3, 0.4) is 0 Å². The van der Waals surface area contributed by atoms with Gasteiger partial charge in [-0.15, -0.1) is 0 Å². The highest BCUT2D eigenvalue weighted by atomic mass is 35.5. The van der Waals surface area contributed by atoms with Gasteiger partial charge in [0.1, 0.15) is 11.1 Å². The average molecular weight is 650 g/mol. The summed E-state index contributed by atoms with van der Waals surface area (Å²) in [6.45, 7) is 1.62. The number of anilines is 1.